The highest BCUT2D eigenvalue weighted by molar-refractivity contribution is 7.99. The van der Waals surface area contributed by atoms with E-state index in [-0.39, 0.29) is 10.8 Å². The molecule has 0 unspecified atom stereocenters. The van der Waals surface area contributed by atoms with Crippen LogP contribution >= 0.6 is 11.8 Å². The van der Waals surface area contributed by atoms with E-state index in [4.69, 9.17) is 4.42 Å². The number of aryl methyl sites for hydroxylation is 2. The highest BCUT2D eigenvalue weighted by Crippen LogP contribution is 2.26. The first-order valence-electron chi connectivity index (χ1n) is 8.94. The van der Waals surface area contributed by atoms with Gasteiger partial charge >= 0.3 is 5.69 Å². The molecule has 1 N–H and O–H groups in total. The maximum Gasteiger partial charge on any atom is 0.346 e. The lowest BCUT2D eigenvalue weighted by molar-refractivity contribution is -0.118. The van der Waals surface area contributed by atoms with Gasteiger partial charge in [0.05, 0.1) is 5.75 Å². The molecule has 0 atom stereocenters. The average molecular weight is 415 g/mol. The third-order valence-corrected chi connectivity index (χ3v) is 5.30. The Labute approximate surface area is 170 Å². The second-order valence-electron chi connectivity index (χ2n) is 6.36. The van der Waals surface area contributed by atoms with Gasteiger partial charge in [0.2, 0.25) is 5.91 Å². The summed E-state index contributed by atoms with van der Waals surface area (Å²) in [6.07, 6.45) is 0.769. The maximum absolute atomic E-state index is 12.2. The van der Waals surface area contributed by atoms with Gasteiger partial charge in [-0.2, -0.15) is 10.2 Å². The van der Waals surface area contributed by atoms with Gasteiger partial charge in [-0.05, 0) is 19.4 Å². The van der Waals surface area contributed by atoms with Crippen LogP contribution in [0.2, 0.25) is 0 Å². The Morgan fingerprint density at radius 3 is 2.72 bits per heavy atom. The zero-order valence-electron chi connectivity index (χ0n) is 16.6. The number of fused-ring (bicyclic) bond motifs is 1. The topological polar surface area (TPSA) is 111 Å². The molecule has 2 aromatic heterocycles. The van der Waals surface area contributed by atoms with Gasteiger partial charge in [-0.1, -0.05) is 36.9 Å². The summed E-state index contributed by atoms with van der Waals surface area (Å²) in [4.78, 5) is 35.9. The van der Waals surface area contributed by atoms with E-state index in [0.29, 0.717) is 11.5 Å². The van der Waals surface area contributed by atoms with Gasteiger partial charge in [0.15, 0.2) is 10.8 Å². The zero-order valence-corrected chi connectivity index (χ0v) is 17.4. The van der Waals surface area contributed by atoms with Gasteiger partial charge in [-0.15, -0.1) is 0 Å². The summed E-state index contributed by atoms with van der Waals surface area (Å²) < 4.78 is 7.89. The molecule has 0 aliphatic carbocycles. The number of hydrazone groups is 1. The molecule has 0 aliphatic heterocycles. The number of carbonyl (C=O) groups excluding carboxylic acids is 1. The summed E-state index contributed by atoms with van der Waals surface area (Å²) in [7, 11) is 2.81. The monoisotopic (exact) mass is 415 g/mol. The first kappa shape index (κ1) is 20.6. The van der Waals surface area contributed by atoms with E-state index in [9.17, 15) is 14.4 Å². The van der Waals surface area contributed by atoms with Crippen LogP contribution in [0.3, 0.4) is 0 Å². The number of aromatic nitrogens is 3. The molecular weight excluding hydrogens is 394 g/mol. The summed E-state index contributed by atoms with van der Waals surface area (Å²) in [5.74, 6) is 0.161. The second kappa shape index (κ2) is 8.48. The quantitative estimate of drug-likeness (QED) is 0.370. The lowest BCUT2D eigenvalue weighted by atomic mass is 10.1. The normalized spacial score (nSPS) is 11.8. The molecule has 3 aromatic rings. The molecule has 1 aromatic carbocycles. The average Bonchev–Trinajstić information content (AvgIpc) is 3.10. The number of benzene rings is 1. The SMILES string of the molecule is CCc1c(/C(C)=N\NC(=O)CSc2nn(C)c(=O)n(C)c2=O)oc2ccccc12. The van der Waals surface area contributed by atoms with Crippen LogP contribution in [0.15, 0.2) is 48.4 Å². The molecule has 1 amide bonds. The molecule has 10 heteroatoms. The number of carbonyl (C=O) groups is 1. The van der Waals surface area contributed by atoms with E-state index in [1.807, 2.05) is 31.2 Å². The Bertz CT molecular complexity index is 1220. The van der Waals surface area contributed by atoms with Crippen molar-refractivity contribution in [2.24, 2.45) is 19.2 Å². The van der Waals surface area contributed by atoms with Crippen molar-refractivity contribution in [1.29, 1.82) is 0 Å². The van der Waals surface area contributed by atoms with Crippen molar-refractivity contribution in [3.63, 3.8) is 0 Å². The Balaban J connectivity index is 1.71. The third kappa shape index (κ3) is 4.16. The fraction of sp³-hybridized carbons (Fsp3) is 0.316. The van der Waals surface area contributed by atoms with Gasteiger partial charge in [0.1, 0.15) is 11.3 Å². The predicted molar refractivity (Wildman–Crippen MR) is 111 cm³/mol. The van der Waals surface area contributed by atoms with Gasteiger partial charge in [-0.25, -0.2) is 14.9 Å². The molecule has 0 bridgehead atoms. The fourth-order valence-corrected chi connectivity index (χ4v) is 3.64. The molecule has 0 fully saturated rings. The van der Waals surface area contributed by atoms with Crippen LogP contribution in [-0.2, 0) is 25.3 Å². The van der Waals surface area contributed by atoms with Crippen LogP contribution in [0.25, 0.3) is 11.0 Å². The number of furan rings is 1. The summed E-state index contributed by atoms with van der Waals surface area (Å²) in [5.41, 5.74) is 3.75. The maximum atomic E-state index is 12.2. The van der Waals surface area contributed by atoms with Crippen molar-refractivity contribution in [2.45, 2.75) is 25.3 Å². The van der Waals surface area contributed by atoms with E-state index in [2.05, 4.69) is 15.6 Å². The number of rotatable bonds is 6. The lowest BCUT2D eigenvalue weighted by Crippen LogP contribution is -2.39. The molecule has 3 rings (SSSR count). The van der Waals surface area contributed by atoms with Gasteiger partial charge in [0.25, 0.3) is 5.56 Å². The first-order chi connectivity index (χ1) is 13.8. The van der Waals surface area contributed by atoms with E-state index in [1.165, 1.54) is 14.1 Å². The standard InChI is InChI=1S/C19H21N5O4S/c1-5-12-13-8-6-7-9-14(13)28-16(12)11(2)20-21-15(25)10-29-17-18(26)23(3)19(27)24(4)22-17/h6-9H,5,10H2,1-4H3,(H,21,25)/b20-11-. The Kier molecular flexibility index (Phi) is 6.02. The van der Waals surface area contributed by atoms with Gasteiger partial charge in [-0.3, -0.25) is 14.2 Å². The number of hydrogen-bond donors (Lipinski definition) is 1. The second-order valence-corrected chi connectivity index (χ2v) is 7.32. The molecule has 0 radical (unpaired) electrons. The summed E-state index contributed by atoms with van der Waals surface area (Å²) in [5, 5.41) is 9.12. The van der Waals surface area contributed by atoms with E-state index < -0.39 is 17.2 Å². The smallest absolute Gasteiger partial charge is 0.346 e. The van der Waals surface area contributed by atoms with Crippen molar-refractivity contribution in [3.8, 4) is 0 Å². The minimum Gasteiger partial charge on any atom is -0.454 e. The van der Waals surface area contributed by atoms with E-state index in [0.717, 1.165) is 44.0 Å². The van der Waals surface area contributed by atoms with Crippen molar-refractivity contribution in [3.05, 3.63) is 56.4 Å². The van der Waals surface area contributed by atoms with Crippen LogP contribution in [0.5, 0.6) is 0 Å². The summed E-state index contributed by atoms with van der Waals surface area (Å²) in [6.45, 7) is 3.79. The number of nitrogens with one attached hydrogen (secondary N) is 1. The minimum absolute atomic E-state index is 0.0657. The van der Waals surface area contributed by atoms with Crippen LogP contribution in [-0.4, -0.2) is 31.7 Å². The third-order valence-electron chi connectivity index (χ3n) is 4.36. The van der Waals surface area contributed by atoms with Gasteiger partial charge in [0, 0.05) is 25.0 Å². The number of thioether (sulfide) groups is 1. The summed E-state index contributed by atoms with van der Waals surface area (Å²) in [6, 6.07) is 7.73. The number of hydrogen-bond acceptors (Lipinski definition) is 7. The van der Waals surface area contributed by atoms with Crippen LogP contribution in [0.4, 0.5) is 0 Å². The molecule has 0 saturated carbocycles. The van der Waals surface area contributed by atoms with Crippen molar-refractivity contribution in [1.82, 2.24) is 19.8 Å². The molecule has 0 spiro atoms. The zero-order chi connectivity index (χ0) is 21.1. The number of amides is 1. The molecule has 9 nitrogen and oxygen atoms in total. The van der Waals surface area contributed by atoms with Crippen LogP contribution in [0.1, 0.15) is 25.2 Å². The first-order valence-corrected chi connectivity index (χ1v) is 9.93. The Hall–Kier alpha value is -3.14. The van der Waals surface area contributed by atoms with E-state index >= 15 is 0 Å². The minimum atomic E-state index is -0.541. The largest absolute Gasteiger partial charge is 0.454 e. The Morgan fingerprint density at radius 2 is 2.00 bits per heavy atom. The molecule has 0 aliphatic rings. The molecular formula is C19H21N5O4S. The Morgan fingerprint density at radius 1 is 1.28 bits per heavy atom. The fourth-order valence-electron chi connectivity index (χ4n) is 2.87. The molecule has 29 heavy (non-hydrogen) atoms. The van der Waals surface area contributed by atoms with Crippen molar-refractivity contribution >= 4 is 34.3 Å². The highest BCUT2D eigenvalue weighted by Gasteiger charge is 2.15. The lowest BCUT2D eigenvalue weighted by Gasteiger charge is -2.05. The van der Waals surface area contributed by atoms with E-state index in [1.54, 1.807) is 6.92 Å². The van der Waals surface area contributed by atoms with Crippen molar-refractivity contribution < 1.29 is 9.21 Å². The molecule has 152 valence electrons. The highest BCUT2D eigenvalue weighted by atomic mass is 32.2. The molecule has 2 heterocycles. The predicted octanol–water partition coefficient (Wildman–Crippen LogP) is 1.42. The van der Waals surface area contributed by atoms with Crippen LogP contribution in [0, 0.1) is 0 Å². The van der Waals surface area contributed by atoms with Gasteiger partial charge < -0.3 is 4.42 Å². The van der Waals surface area contributed by atoms with Crippen LogP contribution < -0.4 is 16.7 Å². The number of nitrogens with zero attached hydrogens (tertiary/aromatic N) is 4. The molecule has 0 saturated heterocycles. The van der Waals surface area contributed by atoms with Crippen molar-refractivity contribution in [2.75, 3.05) is 5.75 Å². The number of para-hydroxylation sites is 1. The summed E-state index contributed by atoms with van der Waals surface area (Å²) >= 11 is 0.942.